The van der Waals surface area contributed by atoms with Gasteiger partial charge in [-0.15, -0.1) is 0 Å². The van der Waals surface area contributed by atoms with Crippen molar-refractivity contribution in [1.29, 1.82) is 0 Å². The van der Waals surface area contributed by atoms with Gasteiger partial charge in [-0.1, -0.05) is 104 Å². The molecule has 0 fully saturated rings. The average molecular weight is 359 g/mol. The van der Waals surface area contributed by atoms with E-state index < -0.39 is 5.97 Å². The highest BCUT2D eigenvalue weighted by Crippen LogP contribution is 2.34. The zero-order valence-corrected chi connectivity index (χ0v) is 17.5. The first-order chi connectivity index (χ1) is 12.8. The van der Waals surface area contributed by atoms with Crippen molar-refractivity contribution < 1.29 is 14.3 Å². The van der Waals surface area contributed by atoms with E-state index in [-0.39, 0.29) is 5.76 Å². The second kappa shape index (κ2) is 15.9. The highest BCUT2D eigenvalue weighted by Gasteiger charge is 2.20. The summed E-state index contributed by atoms with van der Waals surface area (Å²) in [7, 11) is 0. The van der Waals surface area contributed by atoms with Crippen LogP contribution in [0.3, 0.4) is 0 Å². The third-order valence-corrected chi connectivity index (χ3v) is 2.85. The maximum Gasteiger partial charge on any atom is 0.372 e. The van der Waals surface area contributed by atoms with Crippen LogP contribution in [-0.4, -0.2) is 11.1 Å². The molecule has 0 amide bonds. The minimum absolute atomic E-state index is 0.0117. The van der Waals surface area contributed by atoms with Crippen molar-refractivity contribution in [2.24, 2.45) is 0 Å². The second-order valence-corrected chi connectivity index (χ2v) is 3.97. The Balaban J connectivity index is 0. The molecule has 3 nitrogen and oxygen atoms in total. The van der Waals surface area contributed by atoms with Crippen LogP contribution in [0.15, 0.2) is 59.0 Å². The molecule has 1 N–H and O–H groups in total. The Morgan fingerprint density at radius 3 is 1.69 bits per heavy atom. The third-order valence-electron chi connectivity index (χ3n) is 2.85. The maximum absolute atomic E-state index is 11.3. The summed E-state index contributed by atoms with van der Waals surface area (Å²) in [5.74, 6) is -1.06. The molecule has 0 aliphatic heterocycles. The molecule has 1 heterocycles. The molecule has 0 atom stereocenters. The van der Waals surface area contributed by atoms with E-state index in [1.807, 2.05) is 104 Å². The molecule has 0 saturated carbocycles. The first-order valence-corrected chi connectivity index (χ1v) is 9.57. The van der Waals surface area contributed by atoms with E-state index in [0.29, 0.717) is 11.1 Å². The van der Waals surface area contributed by atoms with Gasteiger partial charge in [0.25, 0.3) is 0 Å². The largest absolute Gasteiger partial charge is 0.475 e. The molecule has 0 bridgehead atoms. The van der Waals surface area contributed by atoms with Gasteiger partial charge >= 0.3 is 5.97 Å². The van der Waals surface area contributed by atoms with Gasteiger partial charge in [-0.2, -0.15) is 0 Å². The Hall–Kier alpha value is -2.55. The number of carbonyl (C=O) groups is 1. The lowest BCUT2D eigenvalue weighted by molar-refractivity contribution is 0.0666. The van der Waals surface area contributed by atoms with Gasteiger partial charge in [-0.05, 0) is 11.6 Å². The molecular formula is C23H34O3. The Kier molecular flexibility index (Phi) is 15.8. The SMILES string of the molecule is CC.CC.CC.CC.O=C(O)c1oc2ccccc2c1-c1ccccc1. The predicted molar refractivity (Wildman–Crippen MR) is 114 cm³/mol. The standard InChI is InChI=1S/C15H10O3.4C2H6/c16-15(17)14-13(10-6-2-1-3-7-10)11-8-4-5-9-12(11)18-14;4*1-2/h1-9H,(H,16,17);4*1-2H3. The van der Waals surface area contributed by atoms with Gasteiger partial charge in [-0.25, -0.2) is 4.79 Å². The summed E-state index contributed by atoms with van der Waals surface area (Å²) in [6, 6.07) is 16.7. The Labute approximate surface area is 158 Å². The number of aromatic carboxylic acids is 1. The summed E-state index contributed by atoms with van der Waals surface area (Å²) in [5.41, 5.74) is 2.08. The van der Waals surface area contributed by atoms with Crippen LogP contribution in [0.1, 0.15) is 65.9 Å². The highest BCUT2D eigenvalue weighted by atomic mass is 16.4. The number of furan rings is 1. The van der Waals surface area contributed by atoms with Crippen LogP contribution in [0.25, 0.3) is 22.1 Å². The van der Waals surface area contributed by atoms with E-state index in [0.717, 1.165) is 10.9 Å². The average Bonchev–Trinajstić information content (AvgIpc) is 3.15. The van der Waals surface area contributed by atoms with Crippen molar-refractivity contribution >= 4 is 16.9 Å². The van der Waals surface area contributed by atoms with Crippen LogP contribution in [-0.2, 0) is 0 Å². The smallest absolute Gasteiger partial charge is 0.372 e. The van der Waals surface area contributed by atoms with Gasteiger partial charge in [0.2, 0.25) is 5.76 Å². The third kappa shape index (κ3) is 6.75. The summed E-state index contributed by atoms with van der Waals surface area (Å²) in [4.78, 5) is 11.3. The molecule has 0 unspecified atom stereocenters. The number of hydrogen-bond acceptors (Lipinski definition) is 2. The fourth-order valence-electron chi connectivity index (χ4n) is 2.09. The van der Waals surface area contributed by atoms with E-state index in [1.165, 1.54) is 0 Å². The molecule has 26 heavy (non-hydrogen) atoms. The Morgan fingerprint density at radius 2 is 1.19 bits per heavy atom. The van der Waals surface area contributed by atoms with E-state index in [2.05, 4.69) is 0 Å². The van der Waals surface area contributed by atoms with Crippen molar-refractivity contribution in [2.75, 3.05) is 0 Å². The van der Waals surface area contributed by atoms with Crippen molar-refractivity contribution in [2.45, 2.75) is 55.4 Å². The van der Waals surface area contributed by atoms with Crippen LogP contribution >= 0.6 is 0 Å². The molecule has 2 aromatic carbocycles. The normalized spacial score (nSPS) is 8.31. The van der Waals surface area contributed by atoms with Gasteiger partial charge in [-0.3, -0.25) is 0 Å². The zero-order chi connectivity index (χ0) is 20.5. The molecular weight excluding hydrogens is 324 g/mol. The summed E-state index contributed by atoms with van der Waals surface area (Å²) < 4.78 is 5.42. The predicted octanol–water partition coefficient (Wildman–Crippen LogP) is 7.90. The number of carboxylic acid groups (broad SMARTS) is 1. The summed E-state index contributed by atoms with van der Waals surface area (Å²) >= 11 is 0. The first-order valence-electron chi connectivity index (χ1n) is 9.57. The lowest BCUT2D eigenvalue weighted by Crippen LogP contribution is -1.95. The van der Waals surface area contributed by atoms with E-state index in [1.54, 1.807) is 6.07 Å². The monoisotopic (exact) mass is 358 g/mol. The highest BCUT2D eigenvalue weighted by molar-refractivity contribution is 6.05. The van der Waals surface area contributed by atoms with E-state index in [4.69, 9.17) is 4.42 Å². The molecule has 144 valence electrons. The number of para-hydroxylation sites is 1. The van der Waals surface area contributed by atoms with Gasteiger partial charge < -0.3 is 9.52 Å². The van der Waals surface area contributed by atoms with Crippen molar-refractivity contribution in [1.82, 2.24) is 0 Å². The van der Waals surface area contributed by atoms with Crippen LogP contribution in [0.5, 0.6) is 0 Å². The Bertz CT molecular complexity index is 713. The number of rotatable bonds is 2. The summed E-state index contributed by atoms with van der Waals surface area (Å²) in [6.07, 6.45) is 0. The number of fused-ring (bicyclic) bond motifs is 1. The molecule has 3 aromatic rings. The molecule has 3 rings (SSSR count). The molecule has 0 saturated heterocycles. The molecule has 1 aromatic heterocycles. The second-order valence-electron chi connectivity index (χ2n) is 3.97. The van der Waals surface area contributed by atoms with Crippen LogP contribution in [0.4, 0.5) is 0 Å². The van der Waals surface area contributed by atoms with E-state index in [9.17, 15) is 9.90 Å². The van der Waals surface area contributed by atoms with Gasteiger partial charge in [0.05, 0.1) is 0 Å². The van der Waals surface area contributed by atoms with Crippen molar-refractivity contribution in [3.63, 3.8) is 0 Å². The molecule has 0 aliphatic rings. The van der Waals surface area contributed by atoms with Gasteiger partial charge in [0, 0.05) is 10.9 Å². The Morgan fingerprint density at radius 1 is 0.731 bits per heavy atom. The fraction of sp³-hybridized carbons (Fsp3) is 0.348. The van der Waals surface area contributed by atoms with Crippen molar-refractivity contribution in [3.8, 4) is 11.1 Å². The minimum Gasteiger partial charge on any atom is -0.475 e. The molecule has 0 aliphatic carbocycles. The lowest BCUT2D eigenvalue weighted by atomic mass is 10.0. The van der Waals surface area contributed by atoms with Crippen LogP contribution in [0.2, 0.25) is 0 Å². The van der Waals surface area contributed by atoms with Gasteiger partial charge in [0.1, 0.15) is 5.58 Å². The zero-order valence-electron chi connectivity index (χ0n) is 17.5. The minimum atomic E-state index is -1.05. The van der Waals surface area contributed by atoms with Crippen LogP contribution < -0.4 is 0 Å². The number of carboxylic acids is 1. The van der Waals surface area contributed by atoms with E-state index >= 15 is 0 Å². The summed E-state index contributed by atoms with van der Waals surface area (Å²) in [5, 5.41) is 10.1. The maximum atomic E-state index is 11.3. The lowest BCUT2D eigenvalue weighted by Gasteiger charge is -1.99. The van der Waals surface area contributed by atoms with Crippen LogP contribution in [0, 0.1) is 0 Å². The number of benzene rings is 2. The molecule has 0 spiro atoms. The fourth-order valence-corrected chi connectivity index (χ4v) is 2.09. The number of hydrogen-bond donors (Lipinski definition) is 1. The van der Waals surface area contributed by atoms with Crippen molar-refractivity contribution in [3.05, 3.63) is 60.4 Å². The molecule has 0 radical (unpaired) electrons. The topological polar surface area (TPSA) is 50.4 Å². The molecule has 3 heteroatoms. The van der Waals surface area contributed by atoms with Gasteiger partial charge in [0.15, 0.2) is 0 Å². The summed E-state index contributed by atoms with van der Waals surface area (Å²) in [6.45, 7) is 16.0. The first kappa shape index (κ1) is 25.7. The quantitative estimate of drug-likeness (QED) is 0.506.